The van der Waals surface area contributed by atoms with Gasteiger partial charge in [-0.2, -0.15) is 31.6 Å². The fourth-order valence-electron chi connectivity index (χ4n) is 1.98. The number of benzene rings is 1. The van der Waals surface area contributed by atoms with Crippen LogP contribution in [0.4, 0.5) is 26.3 Å². The van der Waals surface area contributed by atoms with Gasteiger partial charge in [-0.1, -0.05) is 12.2 Å². The maximum atomic E-state index is 12.9. The molecule has 10 heteroatoms. The number of halogens is 6. The molecule has 0 aliphatic rings. The molecule has 0 bridgehead atoms. The molecular formula is C16H8F6N2S2. The van der Waals surface area contributed by atoms with Crippen LogP contribution in [0.1, 0.15) is 16.0 Å². The molecule has 1 aromatic heterocycles. The zero-order valence-electron chi connectivity index (χ0n) is 12.6. The van der Waals surface area contributed by atoms with Crippen LogP contribution in [0, 0.1) is 11.3 Å². The molecule has 26 heavy (non-hydrogen) atoms. The first-order valence-corrected chi connectivity index (χ1v) is 7.95. The Kier molecular flexibility index (Phi) is 5.44. The fraction of sp³-hybridized carbons (Fsp3) is 0.125. The third-order valence-corrected chi connectivity index (χ3v) is 4.47. The van der Waals surface area contributed by atoms with Gasteiger partial charge in [0.25, 0.3) is 0 Å². The summed E-state index contributed by atoms with van der Waals surface area (Å²) in [7, 11) is 0. The summed E-state index contributed by atoms with van der Waals surface area (Å²) in [5.41, 5.74) is 2.30. The van der Waals surface area contributed by atoms with Gasteiger partial charge in [-0.3, -0.25) is 0 Å². The highest BCUT2D eigenvalue weighted by Crippen LogP contribution is 2.40. The molecule has 2 aromatic rings. The quantitative estimate of drug-likeness (QED) is 0.310. The number of hydrogen-bond donors (Lipinski definition) is 1. The largest absolute Gasteiger partial charge is 0.416 e. The van der Waals surface area contributed by atoms with Gasteiger partial charge in [-0.15, -0.1) is 11.3 Å². The van der Waals surface area contributed by atoms with Crippen LogP contribution in [0.25, 0.3) is 16.5 Å². The van der Waals surface area contributed by atoms with E-state index in [0.29, 0.717) is 17.0 Å². The highest BCUT2D eigenvalue weighted by molar-refractivity contribution is 7.80. The average molecular weight is 406 g/mol. The van der Waals surface area contributed by atoms with Crippen LogP contribution >= 0.6 is 23.6 Å². The zero-order valence-corrected chi connectivity index (χ0v) is 14.2. The molecule has 0 aliphatic carbocycles. The van der Waals surface area contributed by atoms with Crippen molar-refractivity contribution in [2.45, 2.75) is 12.4 Å². The van der Waals surface area contributed by atoms with E-state index in [1.807, 2.05) is 0 Å². The summed E-state index contributed by atoms with van der Waals surface area (Å²) in [5, 5.41) is 8.90. The minimum absolute atomic E-state index is 0.0200. The summed E-state index contributed by atoms with van der Waals surface area (Å²) in [6.45, 7) is 0. The maximum absolute atomic E-state index is 12.9. The summed E-state index contributed by atoms with van der Waals surface area (Å²) >= 11 is 5.58. The topological polar surface area (TPSA) is 49.8 Å². The van der Waals surface area contributed by atoms with E-state index >= 15 is 0 Å². The molecule has 0 saturated heterocycles. The standard InChI is InChI=1S/C16H8F6N2S2/c17-15(18,19)10-3-8(4-11(6-10)16(20,21)22)13-2-1-12(26-13)5-9(7-23)14(24)25/h1-6H,(H2,24,25)/b9-5+. The molecular weight excluding hydrogens is 398 g/mol. The minimum Gasteiger partial charge on any atom is -0.389 e. The molecule has 0 atom stereocenters. The normalized spacial score (nSPS) is 12.7. The van der Waals surface area contributed by atoms with Gasteiger partial charge in [-0.05, 0) is 42.0 Å². The smallest absolute Gasteiger partial charge is 0.389 e. The first kappa shape index (κ1) is 19.9. The Hall–Kier alpha value is -2.38. The van der Waals surface area contributed by atoms with Crippen LogP contribution in [0.5, 0.6) is 0 Å². The molecule has 0 saturated carbocycles. The number of thiophene rings is 1. The van der Waals surface area contributed by atoms with Gasteiger partial charge in [0, 0.05) is 9.75 Å². The van der Waals surface area contributed by atoms with Crippen molar-refractivity contribution in [2.24, 2.45) is 5.73 Å². The van der Waals surface area contributed by atoms with Crippen molar-refractivity contribution < 1.29 is 26.3 Å². The van der Waals surface area contributed by atoms with Crippen molar-refractivity contribution in [1.29, 1.82) is 5.26 Å². The lowest BCUT2D eigenvalue weighted by Gasteiger charge is -2.13. The lowest BCUT2D eigenvalue weighted by molar-refractivity contribution is -0.143. The molecule has 2 rings (SSSR count). The number of rotatable bonds is 3. The van der Waals surface area contributed by atoms with Gasteiger partial charge in [0.2, 0.25) is 0 Å². The van der Waals surface area contributed by atoms with Crippen molar-refractivity contribution in [1.82, 2.24) is 0 Å². The Bertz CT molecular complexity index is 884. The molecule has 0 amide bonds. The van der Waals surface area contributed by atoms with E-state index in [9.17, 15) is 26.3 Å². The van der Waals surface area contributed by atoms with Crippen molar-refractivity contribution in [3.8, 4) is 16.5 Å². The van der Waals surface area contributed by atoms with Crippen molar-refractivity contribution in [2.75, 3.05) is 0 Å². The lowest BCUT2D eigenvalue weighted by atomic mass is 10.0. The van der Waals surface area contributed by atoms with Gasteiger partial charge in [-0.25, -0.2) is 0 Å². The summed E-state index contributed by atoms with van der Waals surface area (Å²) in [4.78, 5) is 0.421. The molecule has 1 aromatic carbocycles. The predicted octanol–water partition coefficient (Wildman–Crippen LogP) is 5.65. The van der Waals surface area contributed by atoms with Crippen LogP contribution < -0.4 is 5.73 Å². The van der Waals surface area contributed by atoms with Crippen LogP contribution in [-0.4, -0.2) is 4.99 Å². The number of alkyl halides is 6. The number of hydrogen-bond acceptors (Lipinski definition) is 3. The molecule has 0 fully saturated rings. The van der Waals surface area contributed by atoms with Crippen LogP contribution in [0.15, 0.2) is 35.9 Å². The molecule has 0 radical (unpaired) electrons. The molecule has 136 valence electrons. The maximum Gasteiger partial charge on any atom is 0.416 e. The number of nitriles is 1. The Balaban J connectivity index is 2.56. The van der Waals surface area contributed by atoms with Gasteiger partial charge in [0.1, 0.15) is 11.1 Å². The van der Waals surface area contributed by atoms with Crippen LogP contribution in [-0.2, 0) is 12.4 Å². The van der Waals surface area contributed by atoms with E-state index in [0.717, 1.165) is 11.3 Å². The summed E-state index contributed by atoms with van der Waals surface area (Å²) in [6, 6.07) is 5.93. The fourth-order valence-corrected chi connectivity index (χ4v) is 3.03. The molecule has 2 nitrogen and oxygen atoms in total. The Morgan fingerprint density at radius 3 is 2.00 bits per heavy atom. The van der Waals surface area contributed by atoms with E-state index in [-0.39, 0.29) is 27.1 Å². The second-order valence-electron chi connectivity index (χ2n) is 5.03. The van der Waals surface area contributed by atoms with E-state index in [4.69, 9.17) is 11.0 Å². The van der Waals surface area contributed by atoms with Crippen molar-refractivity contribution >= 4 is 34.6 Å². The summed E-state index contributed by atoms with van der Waals surface area (Å²) < 4.78 is 77.6. The molecule has 0 unspecified atom stereocenters. The first-order chi connectivity index (χ1) is 11.9. The van der Waals surface area contributed by atoms with Gasteiger partial charge in [0.15, 0.2) is 0 Å². The van der Waals surface area contributed by atoms with Gasteiger partial charge >= 0.3 is 12.4 Å². The van der Waals surface area contributed by atoms with Gasteiger partial charge in [0.05, 0.1) is 16.7 Å². The van der Waals surface area contributed by atoms with Crippen LogP contribution in [0.3, 0.4) is 0 Å². The first-order valence-electron chi connectivity index (χ1n) is 6.73. The number of thiocarbonyl (C=S) groups is 1. The second kappa shape index (κ2) is 7.09. The highest BCUT2D eigenvalue weighted by atomic mass is 32.1. The van der Waals surface area contributed by atoms with Crippen molar-refractivity contribution in [3.63, 3.8) is 0 Å². The average Bonchev–Trinajstić information content (AvgIpc) is 2.98. The van der Waals surface area contributed by atoms with E-state index in [1.165, 1.54) is 18.2 Å². The Morgan fingerprint density at radius 2 is 1.58 bits per heavy atom. The molecule has 0 aliphatic heterocycles. The monoisotopic (exact) mass is 406 g/mol. The minimum atomic E-state index is -4.92. The third-order valence-electron chi connectivity index (χ3n) is 3.17. The number of nitrogens with zero attached hydrogens (tertiary/aromatic N) is 1. The van der Waals surface area contributed by atoms with E-state index < -0.39 is 23.5 Å². The van der Waals surface area contributed by atoms with Crippen LogP contribution in [0.2, 0.25) is 0 Å². The summed E-state index contributed by atoms with van der Waals surface area (Å²) in [5.74, 6) is 0. The van der Waals surface area contributed by atoms with Gasteiger partial charge < -0.3 is 5.73 Å². The number of nitrogens with two attached hydrogens (primary N) is 1. The van der Waals surface area contributed by atoms with Crippen molar-refractivity contribution in [3.05, 3.63) is 51.9 Å². The molecule has 0 spiro atoms. The van der Waals surface area contributed by atoms with E-state index in [2.05, 4.69) is 12.2 Å². The second-order valence-corrected chi connectivity index (χ2v) is 6.59. The Morgan fingerprint density at radius 1 is 1.04 bits per heavy atom. The molecule has 1 heterocycles. The third kappa shape index (κ3) is 4.62. The SMILES string of the molecule is N#C/C(=C\c1ccc(-c2cc(C(F)(F)F)cc(C(F)(F)F)c2)s1)C(N)=S. The molecule has 2 N–H and O–H groups in total. The highest BCUT2D eigenvalue weighted by Gasteiger charge is 2.37. The van der Waals surface area contributed by atoms with E-state index in [1.54, 1.807) is 6.07 Å². The zero-order chi connectivity index (χ0) is 19.7. The Labute approximate surface area is 153 Å². The predicted molar refractivity (Wildman–Crippen MR) is 90.1 cm³/mol. The summed E-state index contributed by atoms with van der Waals surface area (Å²) in [6.07, 6.45) is -8.53. The lowest BCUT2D eigenvalue weighted by Crippen LogP contribution is -2.10.